The Balaban J connectivity index is 2.05. The molecule has 1 N–H and O–H groups in total. The molecule has 3 nitrogen and oxygen atoms in total. The maximum Gasteiger partial charge on any atom is 0.228 e. The molecule has 1 amide bonds. The summed E-state index contributed by atoms with van der Waals surface area (Å²) in [5.41, 5.74) is 4.58. The number of anilines is 1. The van der Waals surface area contributed by atoms with Crippen molar-refractivity contribution in [1.82, 2.24) is 0 Å². The first-order valence-corrected chi connectivity index (χ1v) is 6.45. The van der Waals surface area contributed by atoms with Crippen molar-refractivity contribution in [2.75, 3.05) is 5.32 Å². The van der Waals surface area contributed by atoms with Gasteiger partial charge in [-0.1, -0.05) is 24.3 Å². The molecule has 0 saturated carbocycles. The van der Waals surface area contributed by atoms with Crippen molar-refractivity contribution >= 4 is 11.6 Å². The normalized spacial score (nSPS) is 9.85. The van der Waals surface area contributed by atoms with Crippen molar-refractivity contribution < 1.29 is 4.79 Å². The zero-order valence-corrected chi connectivity index (χ0v) is 11.6. The first kappa shape index (κ1) is 13.8. The van der Waals surface area contributed by atoms with E-state index >= 15 is 0 Å². The van der Waals surface area contributed by atoms with Crippen LogP contribution in [-0.4, -0.2) is 5.91 Å². The number of nitrogens with zero attached hydrogens (tertiary/aromatic N) is 1. The minimum Gasteiger partial charge on any atom is -0.326 e. The molecule has 0 aliphatic rings. The molecule has 0 saturated heterocycles. The van der Waals surface area contributed by atoms with Crippen LogP contribution in [0.5, 0.6) is 0 Å². The molecule has 0 radical (unpaired) electrons. The Morgan fingerprint density at radius 2 is 1.85 bits per heavy atom. The van der Waals surface area contributed by atoms with Crippen LogP contribution in [0.2, 0.25) is 0 Å². The summed E-state index contributed by atoms with van der Waals surface area (Å²) in [7, 11) is 0. The third-order valence-corrected chi connectivity index (χ3v) is 3.33. The number of nitriles is 1. The molecule has 0 aromatic heterocycles. The van der Waals surface area contributed by atoms with Crippen LogP contribution >= 0.6 is 0 Å². The van der Waals surface area contributed by atoms with Crippen LogP contribution in [0.3, 0.4) is 0 Å². The lowest BCUT2D eigenvalue weighted by atomic mass is 10.1. The Kier molecular flexibility index (Phi) is 4.17. The molecule has 3 heteroatoms. The molecular weight excluding hydrogens is 248 g/mol. The van der Waals surface area contributed by atoms with Crippen LogP contribution in [-0.2, 0) is 11.2 Å². The van der Waals surface area contributed by atoms with E-state index in [1.54, 1.807) is 24.3 Å². The summed E-state index contributed by atoms with van der Waals surface area (Å²) >= 11 is 0. The number of rotatable bonds is 3. The zero-order chi connectivity index (χ0) is 14.5. The Morgan fingerprint density at radius 1 is 1.15 bits per heavy atom. The maximum atomic E-state index is 12.0. The Bertz CT molecular complexity index is 666. The number of carbonyl (C=O) groups excluding carboxylic acids is 1. The van der Waals surface area contributed by atoms with Gasteiger partial charge >= 0.3 is 0 Å². The number of aryl methyl sites for hydroxylation is 1. The molecule has 0 spiro atoms. The van der Waals surface area contributed by atoms with Crippen LogP contribution in [0, 0.1) is 25.2 Å². The van der Waals surface area contributed by atoms with Crippen molar-refractivity contribution in [2.24, 2.45) is 0 Å². The maximum absolute atomic E-state index is 12.0. The van der Waals surface area contributed by atoms with E-state index in [2.05, 4.69) is 11.4 Å². The standard InChI is InChI=1S/C17H16N2O/c1-12-4-3-5-16(13(12)2)19-17(20)10-14-6-8-15(11-18)9-7-14/h3-9H,10H2,1-2H3,(H,19,20). The van der Waals surface area contributed by atoms with Gasteiger partial charge in [-0.3, -0.25) is 4.79 Å². The predicted octanol–water partition coefficient (Wildman–Crippen LogP) is 3.36. The van der Waals surface area contributed by atoms with Crippen molar-refractivity contribution in [3.63, 3.8) is 0 Å². The first-order chi connectivity index (χ1) is 9.60. The van der Waals surface area contributed by atoms with Gasteiger partial charge in [0.15, 0.2) is 0 Å². The molecule has 2 aromatic rings. The van der Waals surface area contributed by atoms with Gasteiger partial charge in [0.05, 0.1) is 18.1 Å². The van der Waals surface area contributed by atoms with Gasteiger partial charge in [-0.15, -0.1) is 0 Å². The third kappa shape index (κ3) is 3.24. The summed E-state index contributed by atoms with van der Waals surface area (Å²) in [5, 5.41) is 11.7. The highest BCUT2D eigenvalue weighted by atomic mass is 16.1. The number of benzene rings is 2. The first-order valence-electron chi connectivity index (χ1n) is 6.45. The highest BCUT2D eigenvalue weighted by Crippen LogP contribution is 2.18. The van der Waals surface area contributed by atoms with Gasteiger partial charge in [-0.05, 0) is 48.7 Å². The molecular formula is C17H16N2O. The van der Waals surface area contributed by atoms with E-state index in [9.17, 15) is 4.79 Å². The van der Waals surface area contributed by atoms with Crippen LogP contribution in [0.4, 0.5) is 5.69 Å². The third-order valence-electron chi connectivity index (χ3n) is 3.33. The number of amides is 1. The van der Waals surface area contributed by atoms with Gasteiger partial charge < -0.3 is 5.32 Å². The van der Waals surface area contributed by atoms with Gasteiger partial charge in [0.1, 0.15) is 0 Å². The summed E-state index contributed by atoms with van der Waals surface area (Å²) in [6, 6.07) is 15.0. The fourth-order valence-corrected chi connectivity index (χ4v) is 1.96. The molecule has 0 aliphatic carbocycles. The molecule has 100 valence electrons. The van der Waals surface area contributed by atoms with Crippen molar-refractivity contribution in [3.05, 3.63) is 64.7 Å². The minimum absolute atomic E-state index is 0.0524. The Labute approximate surface area is 118 Å². The second-order valence-corrected chi connectivity index (χ2v) is 4.78. The van der Waals surface area contributed by atoms with Crippen LogP contribution in [0.15, 0.2) is 42.5 Å². The van der Waals surface area contributed by atoms with Gasteiger partial charge in [0.25, 0.3) is 0 Å². The van der Waals surface area contributed by atoms with Crippen LogP contribution in [0.1, 0.15) is 22.3 Å². The molecule has 0 heterocycles. The fraction of sp³-hybridized carbons (Fsp3) is 0.176. The highest BCUT2D eigenvalue weighted by Gasteiger charge is 2.07. The summed E-state index contributed by atoms with van der Waals surface area (Å²) < 4.78 is 0. The number of nitrogens with one attached hydrogen (secondary N) is 1. The summed E-state index contributed by atoms with van der Waals surface area (Å²) in [5.74, 6) is -0.0524. The summed E-state index contributed by atoms with van der Waals surface area (Å²) in [6.07, 6.45) is 0.305. The zero-order valence-electron chi connectivity index (χ0n) is 11.6. The molecule has 20 heavy (non-hydrogen) atoms. The van der Waals surface area contributed by atoms with E-state index in [-0.39, 0.29) is 5.91 Å². The lowest BCUT2D eigenvalue weighted by Crippen LogP contribution is -2.15. The molecule has 0 fully saturated rings. The largest absolute Gasteiger partial charge is 0.326 e. The number of carbonyl (C=O) groups is 1. The van der Waals surface area contributed by atoms with E-state index in [4.69, 9.17) is 5.26 Å². The number of hydrogen-bond acceptors (Lipinski definition) is 2. The lowest BCUT2D eigenvalue weighted by Gasteiger charge is -2.10. The lowest BCUT2D eigenvalue weighted by molar-refractivity contribution is -0.115. The average molecular weight is 264 g/mol. The summed E-state index contributed by atoms with van der Waals surface area (Å²) in [4.78, 5) is 12.0. The molecule has 0 unspecified atom stereocenters. The van der Waals surface area contributed by atoms with Crippen molar-refractivity contribution in [2.45, 2.75) is 20.3 Å². The predicted molar refractivity (Wildman–Crippen MR) is 79.4 cm³/mol. The monoisotopic (exact) mass is 264 g/mol. The van der Waals surface area contributed by atoms with Gasteiger partial charge in [0.2, 0.25) is 5.91 Å². The van der Waals surface area contributed by atoms with Crippen LogP contribution in [0.25, 0.3) is 0 Å². The summed E-state index contributed by atoms with van der Waals surface area (Å²) in [6.45, 7) is 4.01. The molecule has 0 bridgehead atoms. The molecule has 0 aliphatic heterocycles. The van der Waals surface area contributed by atoms with Gasteiger partial charge in [-0.2, -0.15) is 5.26 Å². The van der Waals surface area contributed by atoms with E-state index < -0.39 is 0 Å². The minimum atomic E-state index is -0.0524. The SMILES string of the molecule is Cc1cccc(NC(=O)Cc2ccc(C#N)cc2)c1C. The second-order valence-electron chi connectivity index (χ2n) is 4.78. The van der Waals surface area contributed by atoms with Crippen molar-refractivity contribution in [1.29, 1.82) is 5.26 Å². The average Bonchev–Trinajstić information content (AvgIpc) is 2.45. The number of hydrogen-bond donors (Lipinski definition) is 1. The van der Waals surface area contributed by atoms with Gasteiger partial charge in [-0.25, -0.2) is 0 Å². The Morgan fingerprint density at radius 3 is 2.50 bits per heavy atom. The quantitative estimate of drug-likeness (QED) is 0.924. The second kappa shape index (κ2) is 6.03. The van der Waals surface area contributed by atoms with E-state index in [1.807, 2.05) is 32.0 Å². The fourth-order valence-electron chi connectivity index (χ4n) is 1.96. The van der Waals surface area contributed by atoms with Gasteiger partial charge in [0, 0.05) is 5.69 Å². The van der Waals surface area contributed by atoms with Crippen LogP contribution < -0.4 is 5.32 Å². The molecule has 0 atom stereocenters. The van der Waals surface area contributed by atoms with E-state index in [0.29, 0.717) is 12.0 Å². The Hall–Kier alpha value is -2.60. The topological polar surface area (TPSA) is 52.9 Å². The highest BCUT2D eigenvalue weighted by molar-refractivity contribution is 5.93. The van der Waals surface area contributed by atoms with E-state index in [0.717, 1.165) is 22.4 Å². The van der Waals surface area contributed by atoms with Crippen molar-refractivity contribution in [3.8, 4) is 6.07 Å². The smallest absolute Gasteiger partial charge is 0.228 e. The molecule has 2 aromatic carbocycles. The molecule has 2 rings (SSSR count). The van der Waals surface area contributed by atoms with E-state index in [1.165, 1.54) is 0 Å².